The molecule has 0 radical (unpaired) electrons. The Balaban J connectivity index is 1.55. The van der Waals surface area contributed by atoms with Crippen LogP contribution in [-0.2, 0) is 20.7 Å². The van der Waals surface area contributed by atoms with Crippen LogP contribution in [0.5, 0.6) is 0 Å². The molecule has 1 aliphatic heterocycles. The monoisotopic (exact) mass is 462 g/mol. The van der Waals surface area contributed by atoms with Gasteiger partial charge in [0.25, 0.3) is 0 Å². The van der Waals surface area contributed by atoms with Crippen molar-refractivity contribution < 1.29 is 23.9 Å². The van der Waals surface area contributed by atoms with Crippen molar-refractivity contribution in [1.82, 2.24) is 9.47 Å². The second kappa shape index (κ2) is 9.33. The predicted molar refractivity (Wildman–Crippen MR) is 129 cm³/mol. The molecule has 3 aromatic rings. The van der Waals surface area contributed by atoms with Gasteiger partial charge in [-0.15, -0.1) is 0 Å². The third-order valence-corrected chi connectivity index (χ3v) is 5.89. The van der Waals surface area contributed by atoms with Crippen molar-refractivity contribution in [1.29, 1.82) is 0 Å². The first-order valence-corrected chi connectivity index (χ1v) is 11.5. The molecule has 2 aromatic carbocycles. The highest BCUT2D eigenvalue weighted by Crippen LogP contribution is 2.31. The lowest BCUT2D eigenvalue weighted by Crippen LogP contribution is -2.40. The second-order valence-electron chi connectivity index (χ2n) is 9.74. The summed E-state index contributed by atoms with van der Waals surface area (Å²) >= 11 is 0. The van der Waals surface area contributed by atoms with E-state index in [0.29, 0.717) is 11.9 Å². The van der Waals surface area contributed by atoms with E-state index < -0.39 is 17.8 Å². The van der Waals surface area contributed by atoms with Gasteiger partial charge >= 0.3 is 12.2 Å². The number of benzene rings is 2. The van der Waals surface area contributed by atoms with Gasteiger partial charge in [-0.05, 0) is 50.3 Å². The van der Waals surface area contributed by atoms with Crippen molar-refractivity contribution in [2.24, 2.45) is 0 Å². The van der Waals surface area contributed by atoms with Gasteiger partial charge < -0.3 is 9.47 Å². The summed E-state index contributed by atoms with van der Waals surface area (Å²) < 4.78 is 12.3. The van der Waals surface area contributed by atoms with E-state index in [4.69, 9.17) is 9.47 Å². The van der Waals surface area contributed by atoms with Crippen LogP contribution in [-0.4, -0.2) is 45.8 Å². The molecule has 0 unspecified atom stereocenters. The number of hydrogen-bond donors (Lipinski definition) is 0. The lowest BCUT2D eigenvalue weighted by molar-refractivity contribution is -0.129. The molecule has 0 aliphatic carbocycles. The topological polar surface area (TPSA) is 77.8 Å². The molecule has 34 heavy (non-hydrogen) atoms. The van der Waals surface area contributed by atoms with Crippen LogP contribution in [0.25, 0.3) is 10.9 Å². The number of amides is 2. The molecule has 1 aliphatic rings. The van der Waals surface area contributed by atoms with Gasteiger partial charge in [-0.25, -0.2) is 14.5 Å². The van der Waals surface area contributed by atoms with Crippen LogP contribution >= 0.6 is 0 Å². The van der Waals surface area contributed by atoms with Gasteiger partial charge in [0.2, 0.25) is 5.91 Å². The van der Waals surface area contributed by atoms with Crippen molar-refractivity contribution >= 4 is 29.0 Å². The molecule has 2 amide bonds. The van der Waals surface area contributed by atoms with Crippen LogP contribution in [0.2, 0.25) is 0 Å². The third kappa shape index (κ3) is 4.98. The van der Waals surface area contributed by atoms with Crippen molar-refractivity contribution in [3.05, 3.63) is 71.9 Å². The Morgan fingerprint density at radius 2 is 1.76 bits per heavy atom. The van der Waals surface area contributed by atoms with Gasteiger partial charge in [0.1, 0.15) is 12.2 Å². The first-order chi connectivity index (χ1) is 16.1. The normalized spacial score (nSPS) is 17.0. The van der Waals surface area contributed by atoms with E-state index in [-0.39, 0.29) is 30.9 Å². The van der Waals surface area contributed by atoms with E-state index in [2.05, 4.69) is 0 Å². The highest BCUT2D eigenvalue weighted by Gasteiger charge is 2.38. The molecule has 178 valence electrons. The van der Waals surface area contributed by atoms with Crippen LogP contribution in [0, 0.1) is 0 Å². The van der Waals surface area contributed by atoms with Crippen molar-refractivity contribution in [3.63, 3.8) is 0 Å². The number of fused-ring (bicyclic) bond motifs is 1. The van der Waals surface area contributed by atoms with E-state index in [1.165, 1.54) is 9.47 Å². The summed E-state index contributed by atoms with van der Waals surface area (Å²) in [5, 5.41) is 0.874. The predicted octanol–water partition coefficient (Wildman–Crippen LogP) is 5.51. The molecule has 0 N–H and O–H groups in total. The van der Waals surface area contributed by atoms with Crippen LogP contribution in [0.4, 0.5) is 9.59 Å². The second-order valence-corrected chi connectivity index (χ2v) is 9.74. The van der Waals surface area contributed by atoms with Crippen LogP contribution in [0.15, 0.2) is 60.8 Å². The van der Waals surface area contributed by atoms with E-state index >= 15 is 0 Å². The number of cyclic esters (lactones) is 1. The minimum atomic E-state index is -0.631. The molecular weight excluding hydrogens is 432 g/mol. The Hall–Kier alpha value is -3.61. The maximum Gasteiger partial charge on any atom is 0.419 e. The molecule has 4 rings (SSSR count). The lowest BCUT2D eigenvalue weighted by Gasteiger charge is -2.21. The van der Waals surface area contributed by atoms with Gasteiger partial charge in [-0.2, -0.15) is 0 Å². The van der Waals surface area contributed by atoms with E-state index in [1.54, 1.807) is 6.20 Å². The summed E-state index contributed by atoms with van der Waals surface area (Å²) in [6, 6.07) is 16.9. The summed E-state index contributed by atoms with van der Waals surface area (Å²) in [6.07, 6.45) is 1.32. The maximum atomic E-state index is 13.2. The molecule has 7 heteroatoms. The molecule has 0 bridgehead atoms. The largest absolute Gasteiger partial charge is 0.447 e. The van der Waals surface area contributed by atoms with Gasteiger partial charge in [0, 0.05) is 18.0 Å². The average Bonchev–Trinajstić information content (AvgIpc) is 3.34. The number of aromatic nitrogens is 1. The molecule has 0 spiro atoms. The third-order valence-electron chi connectivity index (χ3n) is 5.89. The quantitative estimate of drug-likeness (QED) is 0.500. The number of ether oxygens (including phenoxy) is 2. The summed E-state index contributed by atoms with van der Waals surface area (Å²) in [6.45, 7) is 7.57. The Kier molecular flexibility index (Phi) is 6.46. The number of rotatable bonds is 5. The summed E-state index contributed by atoms with van der Waals surface area (Å²) in [5.74, 6) is -0.517. The van der Waals surface area contributed by atoms with Crippen molar-refractivity contribution in [3.8, 4) is 0 Å². The Morgan fingerprint density at radius 3 is 2.47 bits per heavy atom. The van der Waals surface area contributed by atoms with Gasteiger partial charge in [-0.3, -0.25) is 9.36 Å². The number of imide groups is 1. The maximum absolute atomic E-state index is 13.2. The SMILES string of the molecule is C[C@@H](CC(=O)N1C(=O)OC[C@H]1Cc1ccccc1)c1cn(C(=O)OC(C)(C)C)c2ccccc12. The molecular formula is C27H30N2O5. The molecule has 2 heterocycles. The van der Waals surface area contributed by atoms with E-state index in [0.717, 1.165) is 16.5 Å². The smallest absolute Gasteiger partial charge is 0.419 e. The van der Waals surface area contributed by atoms with Gasteiger partial charge in [-0.1, -0.05) is 55.5 Å². The fourth-order valence-corrected chi connectivity index (χ4v) is 4.33. The number of para-hydroxylation sites is 1. The lowest BCUT2D eigenvalue weighted by atomic mass is 9.96. The fourth-order valence-electron chi connectivity index (χ4n) is 4.33. The average molecular weight is 463 g/mol. The molecule has 1 fully saturated rings. The van der Waals surface area contributed by atoms with Crippen LogP contribution in [0.1, 0.15) is 51.2 Å². The van der Waals surface area contributed by atoms with Gasteiger partial charge in [0.15, 0.2) is 0 Å². The number of hydrogen-bond acceptors (Lipinski definition) is 5. The minimum absolute atomic E-state index is 0.114. The van der Waals surface area contributed by atoms with Crippen molar-refractivity contribution in [2.75, 3.05) is 6.61 Å². The summed E-state index contributed by atoms with van der Waals surface area (Å²) in [4.78, 5) is 39.7. The fraction of sp³-hybridized carbons (Fsp3) is 0.370. The number of carbonyl (C=O) groups excluding carboxylic acids is 3. The Labute approximate surface area is 199 Å². The Bertz CT molecular complexity index is 1210. The molecule has 1 aromatic heterocycles. The van der Waals surface area contributed by atoms with Crippen molar-refractivity contribution in [2.45, 2.75) is 58.1 Å². The minimum Gasteiger partial charge on any atom is -0.447 e. The standard InChI is InChI=1S/C27H30N2O5/c1-18(14-24(30)29-20(17-33-26(29)32)15-19-10-6-5-7-11-19)22-16-28(25(31)34-27(2,3)4)23-13-9-8-12-21(22)23/h5-13,16,18,20H,14-15,17H2,1-4H3/t18-,20+/m0/s1. The zero-order valence-corrected chi connectivity index (χ0v) is 20.0. The highest BCUT2D eigenvalue weighted by molar-refractivity contribution is 5.95. The van der Waals surface area contributed by atoms with Crippen LogP contribution in [0.3, 0.4) is 0 Å². The Morgan fingerprint density at radius 1 is 1.09 bits per heavy atom. The van der Waals surface area contributed by atoms with E-state index in [9.17, 15) is 14.4 Å². The molecule has 7 nitrogen and oxygen atoms in total. The zero-order chi connectivity index (χ0) is 24.5. The first-order valence-electron chi connectivity index (χ1n) is 11.5. The number of carbonyl (C=O) groups is 3. The van der Waals surface area contributed by atoms with Gasteiger partial charge in [0.05, 0.1) is 11.6 Å². The first kappa shape index (κ1) is 23.5. The van der Waals surface area contributed by atoms with Crippen LogP contribution < -0.4 is 0 Å². The summed E-state index contributed by atoms with van der Waals surface area (Å²) in [7, 11) is 0. The van der Waals surface area contributed by atoms with E-state index in [1.807, 2.05) is 82.3 Å². The molecule has 2 atom stereocenters. The molecule has 0 saturated carbocycles. The number of nitrogens with zero attached hydrogens (tertiary/aromatic N) is 2. The highest BCUT2D eigenvalue weighted by atomic mass is 16.6. The zero-order valence-electron chi connectivity index (χ0n) is 20.0. The molecule has 1 saturated heterocycles. The summed E-state index contributed by atoms with van der Waals surface area (Å²) in [5.41, 5.74) is 1.97.